The van der Waals surface area contributed by atoms with Crippen molar-refractivity contribution in [2.24, 2.45) is 0 Å². The van der Waals surface area contributed by atoms with Gasteiger partial charge in [0.05, 0.1) is 11.2 Å². The first-order chi connectivity index (χ1) is 12.3. The zero-order chi connectivity index (χ0) is 18.8. The Labute approximate surface area is 153 Å². The summed E-state index contributed by atoms with van der Waals surface area (Å²) in [5.41, 5.74) is -0.924. The lowest BCUT2D eigenvalue weighted by molar-refractivity contribution is -0.137. The molecule has 1 atom stereocenters. The maximum atomic E-state index is 13.2. The van der Waals surface area contributed by atoms with Crippen LogP contribution in [-0.2, 0) is 6.18 Å². The third kappa shape index (κ3) is 4.59. The van der Waals surface area contributed by atoms with E-state index < -0.39 is 17.3 Å². The molecule has 1 aromatic carbocycles. The van der Waals surface area contributed by atoms with Crippen LogP contribution in [0.1, 0.15) is 49.1 Å². The summed E-state index contributed by atoms with van der Waals surface area (Å²) in [6.07, 6.45) is -0.0532. The number of rotatable bonds is 4. The minimum atomic E-state index is -4.36. The molecule has 6 heteroatoms. The van der Waals surface area contributed by atoms with Crippen molar-refractivity contribution in [2.45, 2.75) is 49.8 Å². The van der Waals surface area contributed by atoms with Crippen LogP contribution in [0.4, 0.5) is 13.2 Å². The number of alkyl halides is 3. The van der Waals surface area contributed by atoms with Crippen molar-refractivity contribution in [3.8, 4) is 0 Å². The number of likely N-dealkylation sites (N-methyl/N-ethyl adjacent to an activating group) is 1. The van der Waals surface area contributed by atoms with E-state index in [4.69, 9.17) is 0 Å². The van der Waals surface area contributed by atoms with Gasteiger partial charge in [-0.15, -0.1) is 0 Å². The second-order valence-electron chi connectivity index (χ2n) is 7.94. The number of aliphatic hydroxyl groups is 1. The normalized spacial score (nSPS) is 23.7. The van der Waals surface area contributed by atoms with E-state index in [0.29, 0.717) is 24.9 Å². The first kappa shape index (κ1) is 19.6. The molecule has 26 heavy (non-hydrogen) atoms. The average Bonchev–Trinajstić information content (AvgIpc) is 2.61. The maximum absolute atomic E-state index is 13.2. The highest BCUT2D eigenvalue weighted by Crippen LogP contribution is 2.42. The van der Waals surface area contributed by atoms with Gasteiger partial charge < -0.3 is 14.9 Å². The lowest BCUT2D eigenvalue weighted by atomic mass is 9.72. The van der Waals surface area contributed by atoms with Crippen LogP contribution >= 0.6 is 0 Å². The number of piperazine rings is 1. The highest BCUT2D eigenvalue weighted by Gasteiger charge is 2.41. The molecule has 0 spiro atoms. The molecule has 1 saturated carbocycles. The van der Waals surface area contributed by atoms with Crippen LogP contribution in [-0.4, -0.2) is 60.3 Å². The van der Waals surface area contributed by atoms with Crippen LogP contribution in [0.25, 0.3) is 0 Å². The smallest absolute Gasteiger partial charge is 0.389 e. The summed E-state index contributed by atoms with van der Waals surface area (Å²) < 4.78 is 39.6. The van der Waals surface area contributed by atoms with Gasteiger partial charge in [0, 0.05) is 38.6 Å². The van der Waals surface area contributed by atoms with E-state index in [2.05, 4.69) is 16.8 Å². The van der Waals surface area contributed by atoms with Crippen LogP contribution in [0.3, 0.4) is 0 Å². The van der Waals surface area contributed by atoms with E-state index in [-0.39, 0.29) is 5.92 Å². The van der Waals surface area contributed by atoms with E-state index in [0.717, 1.165) is 51.5 Å². The molecule has 1 saturated heterocycles. The van der Waals surface area contributed by atoms with Crippen molar-refractivity contribution >= 4 is 0 Å². The molecule has 2 fully saturated rings. The quantitative estimate of drug-likeness (QED) is 0.875. The van der Waals surface area contributed by atoms with Crippen molar-refractivity contribution in [2.75, 3.05) is 39.8 Å². The predicted octanol–water partition coefficient (Wildman–Crippen LogP) is 3.73. The van der Waals surface area contributed by atoms with Crippen molar-refractivity contribution in [3.05, 3.63) is 35.4 Å². The zero-order valence-corrected chi connectivity index (χ0v) is 15.4. The fourth-order valence-electron chi connectivity index (χ4n) is 4.32. The molecule has 1 heterocycles. The van der Waals surface area contributed by atoms with E-state index in [1.807, 2.05) is 0 Å². The van der Waals surface area contributed by atoms with E-state index in [1.54, 1.807) is 6.07 Å². The van der Waals surface area contributed by atoms with Crippen molar-refractivity contribution in [1.82, 2.24) is 9.80 Å². The topological polar surface area (TPSA) is 26.7 Å². The van der Waals surface area contributed by atoms with Gasteiger partial charge in [-0.25, -0.2) is 0 Å². The summed E-state index contributed by atoms with van der Waals surface area (Å²) in [5.74, 6) is -0.284. The van der Waals surface area contributed by atoms with Crippen LogP contribution in [0, 0.1) is 0 Å². The summed E-state index contributed by atoms with van der Waals surface area (Å²) in [6, 6.07) is 5.58. The van der Waals surface area contributed by atoms with Crippen LogP contribution in [0.5, 0.6) is 0 Å². The number of halogens is 3. The largest absolute Gasteiger partial charge is 0.416 e. The molecule has 0 radical (unpaired) electrons. The number of hydrogen-bond donors (Lipinski definition) is 1. The second kappa shape index (κ2) is 7.87. The Bertz CT molecular complexity index is 591. The van der Waals surface area contributed by atoms with Crippen molar-refractivity contribution in [3.63, 3.8) is 0 Å². The van der Waals surface area contributed by atoms with E-state index in [9.17, 15) is 18.3 Å². The molecule has 0 bridgehead atoms. The Hall–Kier alpha value is -1.11. The lowest BCUT2D eigenvalue weighted by Crippen LogP contribution is -2.50. The number of hydrogen-bond acceptors (Lipinski definition) is 3. The Morgan fingerprint density at radius 1 is 1.08 bits per heavy atom. The lowest BCUT2D eigenvalue weighted by Gasteiger charge is -2.43. The van der Waals surface area contributed by atoms with Gasteiger partial charge in [-0.05, 0) is 31.5 Å². The minimum Gasteiger partial charge on any atom is -0.389 e. The Balaban J connectivity index is 1.87. The second-order valence-corrected chi connectivity index (χ2v) is 7.94. The molecule has 3 nitrogen and oxygen atoms in total. The van der Waals surface area contributed by atoms with Crippen LogP contribution < -0.4 is 0 Å². The molecule has 2 aliphatic rings. The summed E-state index contributed by atoms with van der Waals surface area (Å²) in [7, 11) is 2.08. The number of benzene rings is 1. The Morgan fingerprint density at radius 3 is 2.35 bits per heavy atom. The van der Waals surface area contributed by atoms with Crippen molar-refractivity contribution < 1.29 is 18.3 Å². The average molecular weight is 370 g/mol. The van der Waals surface area contributed by atoms with Gasteiger partial charge in [-0.3, -0.25) is 0 Å². The van der Waals surface area contributed by atoms with Gasteiger partial charge in [0.1, 0.15) is 0 Å². The summed E-state index contributed by atoms with van der Waals surface area (Å²) in [5, 5.41) is 11.3. The fourth-order valence-corrected chi connectivity index (χ4v) is 4.32. The van der Waals surface area contributed by atoms with Gasteiger partial charge in [0.15, 0.2) is 0 Å². The molecule has 0 amide bonds. The standard InChI is InChI=1S/C20H29F3N2O/c1-24-10-12-25(13-11-24)15-18(19(26)8-3-2-4-9-19)16-6-5-7-17(14-16)20(21,22)23/h5-7,14,18,26H,2-4,8-13,15H2,1H3. The summed E-state index contributed by atoms with van der Waals surface area (Å²) in [6.45, 7) is 4.30. The van der Waals surface area contributed by atoms with Gasteiger partial charge >= 0.3 is 6.18 Å². The highest BCUT2D eigenvalue weighted by molar-refractivity contribution is 5.31. The van der Waals surface area contributed by atoms with Gasteiger partial charge in [-0.1, -0.05) is 37.5 Å². The molecule has 146 valence electrons. The monoisotopic (exact) mass is 370 g/mol. The molecule has 1 aromatic rings. The first-order valence-corrected chi connectivity index (χ1v) is 9.58. The van der Waals surface area contributed by atoms with Crippen LogP contribution in [0.15, 0.2) is 24.3 Å². The highest BCUT2D eigenvalue weighted by atomic mass is 19.4. The third-order valence-electron chi connectivity index (χ3n) is 6.02. The van der Waals surface area contributed by atoms with Crippen LogP contribution in [0.2, 0.25) is 0 Å². The SMILES string of the molecule is CN1CCN(CC(c2cccc(C(F)(F)F)c2)C2(O)CCCCC2)CC1. The Morgan fingerprint density at radius 2 is 1.73 bits per heavy atom. The van der Waals surface area contributed by atoms with Gasteiger partial charge in [0.2, 0.25) is 0 Å². The minimum absolute atomic E-state index is 0.284. The fraction of sp³-hybridized carbons (Fsp3) is 0.700. The summed E-state index contributed by atoms with van der Waals surface area (Å²) in [4.78, 5) is 4.54. The van der Waals surface area contributed by atoms with E-state index in [1.165, 1.54) is 12.1 Å². The van der Waals surface area contributed by atoms with Gasteiger partial charge in [-0.2, -0.15) is 13.2 Å². The van der Waals surface area contributed by atoms with Crippen molar-refractivity contribution in [1.29, 1.82) is 0 Å². The molecule has 0 aromatic heterocycles. The molecular weight excluding hydrogens is 341 g/mol. The molecule has 1 N–H and O–H groups in total. The number of nitrogens with zero attached hydrogens (tertiary/aromatic N) is 2. The molecule has 1 unspecified atom stereocenters. The van der Waals surface area contributed by atoms with E-state index >= 15 is 0 Å². The molecule has 3 rings (SSSR count). The first-order valence-electron chi connectivity index (χ1n) is 9.58. The Kier molecular flexibility index (Phi) is 5.94. The maximum Gasteiger partial charge on any atom is 0.416 e. The summed E-state index contributed by atoms with van der Waals surface area (Å²) >= 11 is 0. The molecule has 1 aliphatic heterocycles. The van der Waals surface area contributed by atoms with Gasteiger partial charge in [0.25, 0.3) is 0 Å². The molecule has 1 aliphatic carbocycles. The zero-order valence-electron chi connectivity index (χ0n) is 15.4. The predicted molar refractivity (Wildman–Crippen MR) is 96.2 cm³/mol. The third-order valence-corrected chi connectivity index (χ3v) is 6.02. The molecular formula is C20H29F3N2O.